The molecule has 1 atom stereocenters. The van der Waals surface area contributed by atoms with Crippen molar-refractivity contribution in [2.75, 3.05) is 13.7 Å². The molecule has 1 N–H and O–H groups in total. The van der Waals surface area contributed by atoms with E-state index in [-0.39, 0.29) is 18.2 Å². The number of hydrogen-bond acceptors (Lipinski definition) is 4. The molecule has 0 bridgehead atoms. The Morgan fingerprint density at radius 2 is 2.00 bits per heavy atom. The van der Waals surface area contributed by atoms with Crippen LogP contribution < -0.4 is 5.32 Å². The lowest BCUT2D eigenvalue weighted by Crippen LogP contribution is -2.37. The fourth-order valence-corrected chi connectivity index (χ4v) is 2.02. The van der Waals surface area contributed by atoms with Crippen LogP contribution in [0.3, 0.4) is 0 Å². The zero-order valence-electron chi connectivity index (χ0n) is 12.7. The Labute approximate surface area is 126 Å². The smallest absolute Gasteiger partial charge is 0.305 e. The maximum absolute atomic E-state index is 12.5. The molecule has 1 aromatic rings. The summed E-state index contributed by atoms with van der Waals surface area (Å²) in [5.74, 6) is -0.321. The maximum atomic E-state index is 12.5. The van der Waals surface area contributed by atoms with Gasteiger partial charge in [0.1, 0.15) is 0 Å². The lowest BCUT2D eigenvalue weighted by molar-refractivity contribution is -0.140. The van der Waals surface area contributed by atoms with Gasteiger partial charge in [-0.1, -0.05) is 37.3 Å². The van der Waals surface area contributed by atoms with Crippen molar-refractivity contribution in [1.29, 1.82) is 0 Å². The van der Waals surface area contributed by atoms with Crippen molar-refractivity contribution < 1.29 is 14.3 Å². The first kappa shape index (κ1) is 17.1. The van der Waals surface area contributed by atoms with Crippen LogP contribution in [0.1, 0.15) is 35.7 Å². The number of esters is 1. The van der Waals surface area contributed by atoms with Gasteiger partial charge in [-0.2, -0.15) is 0 Å². The Morgan fingerprint density at radius 1 is 1.33 bits per heavy atom. The summed E-state index contributed by atoms with van der Waals surface area (Å²) in [6.07, 6.45) is 3.26. The van der Waals surface area contributed by atoms with E-state index in [2.05, 4.69) is 23.6 Å². The molecule has 1 unspecified atom stereocenters. The highest BCUT2D eigenvalue weighted by molar-refractivity contribution is 6.00. The molecule has 0 heterocycles. The average Bonchev–Trinajstić information content (AvgIpc) is 2.54. The third kappa shape index (κ3) is 5.52. The number of nitrogens with one attached hydrogen (secondary N) is 1. The van der Waals surface area contributed by atoms with Gasteiger partial charge in [-0.3, -0.25) is 9.59 Å². The largest absolute Gasteiger partial charge is 0.469 e. The zero-order chi connectivity index (χ0) is 15.7. The number of carbonyl (C=O) groups excluding carboxylic acids is 2. The molecule has 1 rings (SSSR count). The second kappa shape index (κ2) is 9.08. The second-order valence-electron chi connectivity index (χ2n) is 4.78. The molecule has 4 nitrogen and oxygen atoms in total. The van der Waals surface area contributed by atoms with Gasteiger partial charge in [-0.15, -0.1) is 6.58 Å². The molecule has 0 amide bonds. The first-order valence-electron chi connectivity index (χ1n) is 7.16. The van der Waals surface area contributed by atoms with E-state index in [1.807, 2.05) is 24.3 Å². The summed E-state index contributed by atoms with van der Waals surface area (Å²) in [7, 11) is 1.35. The molecule has 0 saturated heterocycles. The lowest BCUT2D eigenvalue weighted by Gasteiger charge is -2.16. The molecule has 1 aromatic carbocycles. The number of aryl methyl sites for hydroxylation is 1. The van der Waals surface area contributed by atoms with Crippen LogP contribution in [0, 0.1) is 0 Å². The Kier molecular flexibility index (Phi) is 7.40. The highest BCUT2D eigenvalue weighted by Gasteiger charge is 2.20. The summed E-state index contributed by atoms with van der Waals surface area (Å²) in [4.78, 5) is 23.8. The highest BCUT2D eigenvalue weighted by Crippen LogP contribution is 2.11. The van der Waals surface area contributed by atoms with Crippen LogP contribution in [0.4, 0.5) is 0 Å². The fourth-order valence-electron chi connectivity index (χ4n) is 2.02. The van der Waals surface area contributed by atoms with Crippen molar-refractivity contribution in [3.63, 3.8) is 0 Å². The molecule has 0 spiro atoms. The van der Waals surface area contributed by atoms with Crippen molar-refractivity contribution in [1.82, 2.24) is 5.32 Å². The standard InChI is InChI=1S/C17H23NO3/c1-4-12-18-15(10-11-16(19)21-3)17(20)14-8-6-13(5-2)7-9-14/h4,6-9,15,18H,1,5,10-12H2,2-3H3. The Balaban J connectivity index is 2.76. The minimum atomic E-state index is -0.408. The van der Waals surface area contributed by atoms with Gasteiger partial charge in [0.2, 0.25) is 0 Å². The van der Waals surface area contributed by atoms with Gasteiger partial charge < -0.3 is 10.1 Å². The molecule has 0 saturated carbocycles. The van der Waals surface area contributed by atoms with Crippen molar-refractivity contribution in [2.24, 2.45) is 0 Å². The summed E-state index contributed by atoms with van der Waals surface area (Å²) < 4.78 is 4.62. The molecule has 0 aliphatic rings. The average molecular weight is 289 g/mol. The van der Waals surface area contributed by atoms with Gasteiger partial charge in [0.05, 0.1) is 13.2 Å². The number of ketones is 1. The predicted molar refractivity (Wildman–Crippen MR) is 83.4 cm³/mol. The summed E-state index contributed by atoms with van der Waals surface area (Å²) in [5.41, 5.74) is 1.84. The molecular weight excluding hydrogens is 266 g/mol. The van der Waals surface area contributed by atoms with Gasteiger partial charge in [-0.25, -0.2) is 0 Å². The number of hydrogen-bond donors (Lipinski definition) is 1. The number of carbonyl (C=O) groups is 2. The van der Waals surface area contributed by atoms with Gasteiger partial charge in [-0.05, 0) is 18.4 Å². The summed E-state index contributed by atoms with van der Waals surface area (Å²) in [6.45, 7) is 6.22. The SMILES string of the molecule is C=CCNC(CCC(=O)OC)C(=O)c1ccc(CC)cc1. The topological polar surface area (TPSA) is 55.4 Å². The van der Waals surface area contributed by atoms with E-state index in [4.69, 9.17) is 0 Å². The van der Waals surface area contributed by atoms with Gasteiger partial charge >= 0.3 is 5.97 Å². The van der Waals surface area contributed by atoms with Crippen LogP contribution in [0.15, 0.2) is 36.9 Å². The Morgan fingerprint density at radius 3 is 2.52 bits per heavy atom. The second-order valence-corrected chi connectivity index (χ2v) is 4.78. The number of ether oxygens (including phenoxy) is 1. The Hall–Kier alpha value is -1.94. The summed E-state index contributed by atoms with van der Waals surface area (Å²) in [5, 5.41) is 3.10. The van der Waals surface area contributed by atoms with E-state index in [1.165, 1.54) is 12.7 Å². The van der Waals surface area contributed by atoms with Gasteiger partial charge in [0.25, 0.3) is 0 Å². The van der Waals surface area contributed by atoms with E-state index >= 15 is 0 Å². The van der Waals surface area contributed by atoms with Crippen molar-refractivity contribution in [3.05, 3.63) is 48.0 Å². The van der Waals surface area contributed by atoms with Crippen molar-refractivity contribution in [2.45, 2.75) is 32.2 Å². The van der Waals surface area contributed by atoms with Crippen LogP contribution in [0.25, 0.3) is 0 Å². The van der Waals surface area contributed by atoms with E-state index in [9.17, 15) is 9.59 Å². The van der Waals surface area contributed by atoms with E-state index < -0.39 is 6.04 Å². The third-order valence-electron chi connectivity index (χ3n) is 3.34. The third-order valence-corrected chi connectivity index (χ3v) is 3.34. The van der Waals surface area contributed by atoms with Crippen LogP contribution >= 0.6 is 0 Å². The van der Waals surface area contributed by atoms with Gasteiger partial charge in [0.15, 0.2) is 5.78 Å². The predicted octanol–water partition coefficient (Wildman–Crippen LogP) is 2.53. The molecule has 114 valence electrons. The minimum absolute atomic E-state index is 0.0107. The van der Waals surface area contributed by atoms with E-state index in [1.54, 1.807) is 6.08 Å². The number of methoxy groups -OCH3 is 1. The first-order valence-corrected chi connectivity index (χ1v) is 7.16. The summed E-state index contributed by atoms with van der Waals surface area (Å²) in [6, 6.07) is 7.18. The van der Waals surface area contributed by atoms with E-state index in [0.29, 0.717) is 18.5 Å². The zero-order valence-corrected chi connectivity index (χ0v) is 12.7. The molecular formula is C17H23NO3. The Bertz CT molecular complexity index is 479. The maximum Gasteiger partial charge on any atom is 0.305 e. The van der Waals surface area contributed by atoms with Crippen molar-refractivity contribution in [3.8, 4) is 0 Å². The molecule has 0 fully saturated rings. The highest BCUT2D eigenvalue weighted by atomic mass is 16.5. The first-order chi connectivity index (χ1) is 10.1. The lowest BCUT2D eigenvalue weighted by atomic mass is 9.98. The van der Waals surface area contributed by atoms with E-state index in [0.717, 1.165) is 6.42 Å². The molecule has 0 radical (unpaired) electrons. The number of Topliss-reactive ketones (excluding diaryl/α,β-unsaturated/α-hetero) is 1. The monoisotopic (exact) mass is 289 g/mol. The van der Waals surface area contributed by atoms with Crippen LogP contribution in [-0.2, 0) is 16.0 Å². The molecule has 0 aromatic heterocycles. The minimum Gasteiger partial charge on any atom is -0.469 e. The van der Waals surface area contributed by atoms with Crippen molar-refractivity contribution >= 4 is 11.8 Å². The van der Waals surface area contributed by atoms with Gasteiger partial charge in [0, 0.05) is 18.5 Å². The fraction of sp³-hybridized carbons (Fsp3) is 0.412. The summed E-state index contributed by atoms with van der Waals surface area (Å²) >= 11 is 0. The van der Waals surface area contributed by atoms with Crippen LogP contribution in [0.2, 0.25) is 0 Å². The quantitative estimate of drug-likeness (QED) is 0.431. The van der Waals surface area contributed by atoms with Crippen LogP contribution in [-0.4, -0.2) is 31.4 Å². The molecule has 0 aliphatic carbocycles. The number of rotatable bonds is 9. The van der Waals surface area contributed by atoms with Crippen LogP contribution in [0.5, 0.6) is 0 Å². The molecule has 21 heavy (non-hydrogen) atoms. The molecule has 0 aliphatic heterocycles. The molecule has 4 heteroatoms. The normalized spacial score (nSPS) is 11.7. The number of benzene rings is 1.